The molecule has 0 aromatic carbocycles. The fourth-order valence-electron chi connectivity index (χ4n) is 0. The molecular weight excluding hydrogens is 121 g/mol. The topological polar surface area (TPSA) is 69.1 Å². The van der Waals surface area contributed by atoms with Crippen molar-refractivity contribution in [3.8, 4) is 0 Å². The van der Waals surface area contributed by atoms with E-state index in [0.717, 1.165) is 0 Å². The van der Waals surface area contributed by atoms with Crippen molar-refractivity contribution in [2.75, 3.05) is 0 Å². The van der Waals surface area contributed by atoms with E-state index in [1.807, 2.05) is 0 Å². The molecule has 0 radical (unpaired) electrons. The van der Waals surface area contributed by atoms with E-state index in [2.05, 4.69) is 11.5 Å². The Morgan fingerprint density at radius 2 is 1.40 bits per heavy atom. The minimum Gasteiger partial charge on any atom is -0.352 e. The number of urea groups is 1. The molecule has 0 saturated heterocycles. The van der Waals surface area contributed by atoms with E-state index in [9.17, 15) is 0 Å². The third-order valence-electron chi connectivity index (χ3n) is 0. The SMILES string of the molecule is NC(N)=O.[Zn]. The monoisotopic (exact) mass is 124 g/mol. The van der Waals surface area contributed by atoms with Gasteiger partial charge in [-0.05, 0) is 0 Å². The van der Waals surface area contributed by atoms with Crippen LogP contribution in [0.25, 0.3) is 0 Å². The molecule has 0 aromatic rings. The van der Waals surface area contributed by atoms with Gasteiger partial charge in [-0.15, -0.1) is 0 Å². The van der Waals surface area contributed by atoms with Crippen LogP contribution in [0.1, 0.15) is 0 Å². The first-order chi connectivity index (χ1) is 1.73. The quantitative estimate of drug-likeness (QED) is 0.402. The smallest absolute Gasteiger partial charge is 0.309 e. The van der Waals surface area contributed by atoms with Crippen LogP contribution >= 0.6 is 0 Å². The van der Waals surface area contributed by atoms with Gasteiger partial charge in [0.05, 0.1) is 0 Å². The van der Waals surface area contributed by atoms with E-state index < -0.39 is 6.03 Å². The molecule has 0 heterocycles. The first-order valence-electron chi connectivity index (χ1n) is 0.781. The summed E-state index contributed by atoms with van der Waals surface area (Å²) in [5, 5.41) is 0. The first-order valence-corrected chi connectivity index (χ1v) is 0.781. The van der Waals surface area contributed by atoms with Crippen molar-refractivity contribution < 1.29 is 24.3 Å². The Kier molecular flexibility index (Phi) is 6.90. The van der Waals surface area contributed by atoms with Gasteiger partial charge < -0.3 is 11.5 Å². The van der Waals surface area contributed by atoms with Crippen LogP contribution in [0.15, 0.2) is 0 Å². The fraction of sp³-hybridized carbons (Fsp3) is 0. The van der Waals surface area contributed by atoms with Gasteiger partial charge in [-0.1, -0.05) is 0 Å². The van der Waals surface area contributed by atoms with Crippen molar-refractivity contribution in [2.45, 2.75) is 0 Å². The van der Waals surface area contributed by atoms with Crippen molar-refractivity contribution >= 4 is 6.03 Å². The molecule has 0 spiro atoms. The second-order valence-electron chi connectivity index (χ2n) is 0.402. The number of hydrogen-bond acceptors (Lipinski definition) is 1. The van der Waals surface area contributed by atoms with Crippen LogP contribution in [0.5, 0.6) is 0 Å². The van der Waals surface area contributed by atoms with Crippen molar-refractivity contribution in [1.29, 1.82) is 0 Å². The van der Waals surface area contributed by atoms with Gasteiger partial charge in [0.25, 0.3) is 0 Å². The number of hydrogen-bond donors (Lipinski definition) is 2. The van der Waals surface area contributed by atoms with E-state index in [1.165, 1.54) is 0 Å². The summed E-state index contributed by atoms with van der Waals surface area (Å²) in [6, 6.07) is -0.833. The summed E-state index contributed by atoms with van der Waals surface area (Å²) in [5.41, 5.74) is 8.50. The Morgan fingerprint density at radius 3 is 1.40 bits per heavy atom. The van der Waals surface area contributed by atoms with Gasteiger partial charge >= 0.3 is 6.03 Å². The zero-order chi connectivity index (χ0) is 3.58. The van der Waals surface area contributed by atoms with E-state index >= 15 is 0 Å². The first kappa shape index (κ1) is 8.86. The molecule has 0 aliphatic rings. The Bertz CT molecular complexity index is 32.6. The van der Waals surface area contributed by atoms with Crippen LogP contribution < -0.4 is 11.5 Å². The molecule has 2 amide bonds. The largest absolute Gasteiger partial charge is 0.352 e. The molecule has 0 saturated carbocycles. The molecule has 0 aromatic heterocycles. The minimum absolute atomic E-state index is 0. The number of rotatable bonds is 0. The number of carbonyl (C=O) groups is 1. The maximum absolute atomic E-state index is 9.00. The zero-order valence-corrected chi connectivity index (χ0v) is 5.74. The predicted octanol–water partition coefficient (Wildman–Crippen LogP) is -0.979. The second kappa shape index (κ2) is 3.89. The Balaban J connectivity index is 0. The summed E-state index contributed by atoms with van der Waals surface area (Å²) in [7, 11) is 0. The molecule has 0 atom stereocenters. The van der Waals surface area contributed by atoms with E-state index in [1.54, 1.807) is 0 Å². The Labute approximate surface area is 42.5 Å². The van der Waals surface area contributed by atoms with Crippen LogP contribution in [0.4, 0.5) is 4.79 Å². The second-order valence-corrected chi connectivity index (χ2v) is 0.402. The molecule has 4 heteroatoms. The number of amides is 2. The standard InChI is InChI=1S/CH4N2O.Zn/c2-1(3)4;/h(H4,2,3,4);. The van der Waals surface area contributed by atoms with Crippen molar-refractivity contribution in [3.63, 3.8) is 0 Å². The summed E-state index contributed by atoms with van der Waals surface area (Å²) in [5.74, 6) is 0. The third kappa shape index (κ3) is 1230. The summed E-state index contributed by atoms with van der Waals surface area (Å²) < 4.78 is 0. The van der Waals surface area contributed by atoms with Gasteiger partial charge in [0.15, 0.2) is 0 Å². The summed E-state index contributed by atoms with van der Waals surface area (Å²) in [6.45, 7) is 0. The summed E-state index contributed by atoms with van der Waals surface area (Å²) >= 11 is 0. The van der Waals surface area contributed by atoms with Crippen molar-refractivity contribution in [1.82, 2.24) is 0 Å². The number of nitrogens with two attached hydrogens (primary N) is 2. The van der Waals surface area contributed by atoms with Crippen LogP contribution in [0, 0.1) is 0 Å². The van der Waals surface area contributed by atoms with Crippen LogP contribution in [-0.4, -0.2) is 6.03 Å². The number of primary amides is 2. The molecular formula is CH4N2OZn. The van der Waals surface area contributed by atoms with Gasteiger partial charge in [0.2, 0.25) is 0 Å². The molecule has 0 fully saturated rings. The van der Waals surface area contributed by atoms with Crippen LogP contribution in [0.2, 0.25) is 0 Å². The average molecular weight is 125 g/mol. The maximum Gasteiger partial charge on any atom is 0.309 e. The molecule has 0 aliphatic heterocycles. The molecule has 0 unspecified atom stereocenters. The fourth-order valence-corrected chi connectivity index (χ4v) is 0. The minimum atomic E-state index is -0.833. The maximum atomic E-state index is 9.00. The normalized spacial score (nSPS) is 4.80. The van der Waals surface area contributed by atoms with Crippen molar-refractivity contribution in [3.05, 3.63) is 0 Å². The zero-order valence-electron chi connectivity index (χ0n) is 2.77. The molecule has 0 rings (SSSR count). The van der Waals surface area contributed by atoms with Gasteiger partial charge in [0.1, 0.15) is 0 Å². The van der Waals surface area contributed by atoms with Crippen molar-refractivity contribution in [2.24, 2.45) is 11.5 Å². The molecule has 0 bridgehead atoms. The van der Waals surface area contributed by atoms with Gasteiger partial charge in [0, 0.05) is 19.5 Å². The van der Waals surface area contributed by atoms with E-state index in [-0.39, 0.29) is 19.5 Å². The third-order valence-corrected chi connectivity index (χ3v) is 0. The summed E-state index contributed by atoms with van der Waals surface area (Å²) in [6.07, 6.45) is 0. The average Bonchev–Trinajstić information content (AvgIpc) is 0.811. The molecule has 4 N–H and O–H groups in total. The molecule has 3 nitrogen and oxygen atoms in total. The van der Waals surface area contributed by atoms with Gasteiger partial charge in [-0.3, -0.25) is 0 Å². The molecule has 0 aliphatic carbocycles. The van der Waals surface area contributed by atoms with E-state index in [4.69, 9.17) is 4.79 Å². The van der Waals surface area contributed by atoms with Crippen LogP contribution in [0.3, 0.4) is 0 Å². The predicted molar refractivity (Wildman–Crippen MR) is 13.8 cm³/mol. The summed E-state index contributed by atoms with van der Waals surface area (Å²) in [4.78, 5) is 9.00. The Hall–Kier alpha value is -0.107. The van der Waals surface area contributed by atoms with Crippen LogP contribution in [-0.2, 0) is 19.5 Å². The molecule has 5 heavy (non-hydrogen) atoms. The Morgan fingerprint density at radius 1 is 1.40 bits per heavy atom. The molecule has 26 valence electrons. The van der Waals surface area contributed by atoms with Gasteiger partial charge in [-0.25, -0.2) is 4.79 Å². The van der Waals surface area contributed by atoms with E-state index in [0.29, 0.717) is 0 Å². The number of carbonyl (C=O) groups excluding carboxylic acids is 1. The van der Waals surface area contributed by atoms with Gasteiger partial charge in [-0.2, -0.15) is 0 Å².